The Bertz CT molecular complexity index is 526. The van der Waals surface area contributed by atoms with Gasteiger partial charge in [-0.3, -0.25) is 0 Å². The summed E-state index contributed by atoms with van der Waals surface area (Å²) in [5, 5.41) is 0. The minimum Gasteiger partial charge on any atom is -0.473 e. The summed E-state index contributed by atoms with van der Waals surface area (Å²) in [6, 6.07) is 14.0. The smallest absolute Gasteiger partial charge is 0.213 e. The number of benzene rings is 1. The number of pyridine rings is 1. The number of rotatable bonds is 5. The normalized spacial score (nSPS) is 12.2. The first-order valence-electron chi connectivity index (χ1n) is 6.60. The zero-order valence-corrected chi connectivity index (χ0v) is 11.5. The Morgan fingerprint density at radius 3 is 2.53 bits per heavy atom. The highest BCUT2D eigenvalue weighted by Gasteiger charge is 2.09. The summed E-state index contributed by atoms with van der Waals surface area (Å²) in [5.41, 5.74) is 9.20. The molecule has 0 radical (unpaired) electrons. The Labute approximate surface area is 114 Å². The van der Waals surface area contributed by atoms with Crippen LogP contribution < -0.4 is 10.5 Å². The van der Waals surface area contributed by atoms with E-state index >= 15 is 0 Å². The molecule has 1 heterocycles. The molecule has 0 aliphatic carbocycles. The van der Waals surface area contributed by atoms with E-state index in [-0.39, 0.29) is 6.04 Å². The molecule has 0 aliphatic rings. The lowest BCUT2D eigenvalue weighted by atomic mass is 10.0. The minimum absolute atomic E-state index is 0.0515. The van der Waals surface area contributed by atoms with Gasteiger partial charge in [0, 0.05) is 17.8 Å². The highest BCUT2D eigenvalue weighted by Crippen LogP contribution is 2.20. The molecule has 1 aromatic heterocycles. The number of ether oxygens (including phenoxy) is 1. The van der Waals surface area contributed by atoms with E-state index in [0.717, 1.165) is 23.2 Å². The summed E-state index contributed by atoms with van der Waals surface area (Å²) in [7, 11) is 0. The van der Waals surface area contributed by atoms with Gasteiger partial charge in [-0.2, -0.15) is 0 Å². The van der Waals surface area contributed by atoms with Crippen LogP contribution in [0.5, 0.6) is 5.88 Å². The molecule has 3 heteroatoms. The Morgan fingerprint density at radius 2 is 1.89 bits per heavy atom. The standard InChI is InChI=1S/C16H20N2O/c1-3-15(17)14-9-10-16(18-12(14)2)19-11-13-7-5-4-6-8-13/h4-10,15H,3,11,17H2,1-2H3/t15-/m0/s1. The summed E-state index contributed by atoms with van der Waals surface area (Å²) in [6.07, 6.45) is 0.909. The van der Waals surface area contributed by atoms with Gasteiger partial charge in [-0.25, -0.2) is 4.98 Å². The monoisotopic (exact) mass is 256 g/mol. The van der Waals surface area contributed by atoms with Crippen molar-refractivity contribution in [3.05, 3.63) is 59.3 Å². The molecule has 0 aliphatic heterocycles. The first-order valence-corrected chi connectivity index (χ1v) is 6.60. The van der Waals surface area contributed by atoms with Gasteiger partial charge in [-0.1, -0.05) is 43.3 Å². The number of aromatic nitrogens is 1. The molecule has 0 saturated carbocycles. The number of aryl methyl sites for hydroxylation is 1. The van der Waals surface area contributed by atoms with Gasteiger partial charge in [0.05, 0.1) is 0 Å². The molecule has 0 spiro atoms. The molecular weight excluding hydrogens is 236 g/mol. The molecule has 100 valence electrons. The Kier molecular flexibility index (Phi) is 4.53. The van der Waals surface area contributed by atoms with E-state index in [9.17, 15) is 0 Å². The average molecular weight is 256 g/mol. The molecule has 0 saturated heterocycles. The Balaban J connectivity index is 2.04. The third-order valence-corrected chi connectivity index (χ3v) is 3.17. The molecule has 2 aromatic rings. The lowest BCUT2D eigenvalue weighted by molar-refractivity contribution is 0.293. The highest BCUT2D eigenvalue weighted by atomic mass is 16.5. The largest absolute Gasteiger partial charge is 0.473 e. The molecule has 19 heavy (non-hydrogen) atoms. The van der Waals surface area contributed by atoms with Crippen molar-refractivity contribution in [3.8, 4) is 5.88 Å². The Hall–Kier alpha value is -1.87. The SMILES string of the molecule is CC[C@H](N)c1ccc(OCc2ccccc2)nc1C. The predicted molar refractivity (Wildman–Crippen MR) is 77.0 cm³/mol. The zero-order valence-electron chi connectivity index (χ0n) is 11.5. The fraction of sp³-hybridized carbons (Fsp3) is 0.312. The van der Waals surface area contributed by atoms with Gasteiger partial charge in [-0.05, 0) is 24.5 Å². The molecule has 0 amide bonds. The molecule has 1 atom stereocenters. The van der Waals surface area contributed by atoms with E-state index in [1.807, 2.05) is 49.4 Å². The summed E-state index contributed by atoms with van der Waals surface area (Å²) in [4.78, 5) is 4.46. The van der Waals surface area contributed by atoms with Crippen molar-refractivity contribution < 1.29 is 4.74 Å². The van der Waals surface area contributed by atoms with Crippen LogP contribution in [0.1, 0.15) is 36.2 Å². The van der Waals surface area contributed by atoms with Crippen LogP contribution in [0.4, 0.5) is 0 Å². The van der Waals surface area contributed by atoms with Crippen molar-refractivity contribution >= 4 is 0 Å². The van der Waals surface area contributed by atoms with E-state index in [4.69, 9.17) is 10.5 Å². The van der Waals surface area contributed by atoms with Gasteiger partial charge >= 0.3 is 0 Å². The van der Waals surface area contributed by atoms with Gasteiger partial charge in [-0.15, -0.1) is 0 Å². The highest BCUT2D eigenvalue weighted by molar-refractivity contribution is 5.27. The lowest BCUT2D eigenvalue weighted by Gasteiger charge is -2.13. The van der Waals surface area contributed by atoms with Crippen molar-refractivity contribution in [2.45, 2.75) is 32.9 Å². The fourth-order valence-electron chi connectivity index (χ4n) is 1.97. The topological polar surface area (TPSA) is 48.1 Å². The number of hydrogen-bond acceptors (Lipinski definition) is 3. The maximum absolute atomic E-state index is 6.03. The van der Waals surface area contributed by atoms with Crippen LogP contribution in [0.3, 0.4) is 0 Å². The maximum atomic E-state index is 6.03. The van der Waals surface area contributed by atoms with Crippen LogP contribution in [0.15, 0.2) is 42.5 Å². The molecule has 2 rings (SSSR count). The van der Waals surface area contributed by atoms with Crippen molar-refractivity contribution in [2.24, 2.45) is 5.73 Å². The van der Waals surface area contributed by atoms with Crippen molar-refractivity contribution in [1.29, 1.82) is 0 Å². The van der Waals surface area contributed by atoms with Crippen LogP contribution in [0.2, 0.25) is 0 Å². The van der Waals surface area contributed by atoms with Crippen LogP contribution in [-0.4, -0.2) is 4.98 Å². The van der Waals surface area contributed by atoms with E-state index in [1.54, 1.807) is 0 Å². The first kappa shape index (κ1) is 13.6. The predicted octanol–water partition coefficient (Wildman–Crippen LogP) is 3.38. The van der Waals surface area contributed by atoms with Crippen molar-refractivity contribution in [1.82, 2.24) is 4.98 Å². The Morgan fingerprint density at radius 1 is 1.16 bits per heavy atom. The molecule has 1 aromatic carbocycles. The summed E-state index contributed by atoms with van der Waals surface area (Å²) < 4.78 is 5.69. The second-order valence-electron chi connectivity index (χ2n) is 4.61. The molecule has 0 unspecified atom stereocenters. The lowest BCUT2D eigenvalue weighted by Crippen LogP contribution is -2.11. The molecule has 2 N–H and O–H groups in total. The molecule has 0 bridgehead atoms. The van der Waals surface area contributed by atoms with E-state index in [0.29, 0.717) is 12.5 Å². The second-order valence-corrected chi connectivity index (χ2v) is 4.61. The van der Waals surface area contributed by atoms with Crippen LogP contribution in [0.25, 0.3) is 0 Å². The third-order valence-electron chi connectivity index (χ3n) is 3.17. The van der Waals surface area contributed by atoms with Gasteiger partial charge in [0.2, 0.25) is 5.88 Å². The number of nitrogens with zero attached hydrogens (tertiary/aromatic N) is 1. The molecule has 0 fully saturated rings. The van der Waals surface area contributed by atoms with Crippen LogP contribution in [-0.2, 0) is 6.61 Å². The summed E-state index contributed by atoms with van der Waals surface area (Å²) in [6.45, 7) is 4.58. The quantitative estimate of drug-likeness (QED) is 0.892. The third kappa shape index (κ3) is 3.55. The number of nitrogens with two attached hydrogens (primary N) is 1. The molecular formula is C16H20N2O. The minimum atomic E-state index is 0.0515. The van der Waals surface area contributed by atoms with Crippen LogP contribution >= 0.6 is 0 Å². The summed E-state index contributed by atoms with van der Waals surface area (Å²) in [5.74, 6) is 0.647. The fourth-order valence-corrected chi connectivity index (χ4v) is 1.97. The first-order chi connectivity index (χ1) is 9.20. The zero-order chi connectivity index (χ0) is 13.7. The van der Waals surface area contributed by atoms with E-state index in [1.165, 1.54) is 0 Å². The average Bonchev–Trinajstić information content (AvgIpc) is 2.45. The van der Waals surface area contributed by atoms with Gasteiger partial charge in [0.15, 0.2) is 0 Å². The van der Waals surface area contributed by atoms with Crippen molar-refractivity contribution in [2.75, 3.05) is 0 Å². The van der Waals surface area contributed by atoms with E-state index in [2.05, 4.69) is 11.9 Å². The van der Waals surface area contributed by atoms with Gasteiger partial charge < -0.3 is 10.5 Å². The molecule has 3 nitrogen and oxygen atoms in total. The summed E-state index contributed by atoms with van der Waals surface area (Å²) >= 11 is 0. The van der Waals surface area contributed by atoms with Gasteiger partial charge in [0.25, 0.3) is 0 Å². The second kappa shape index (κ2) is 6.34. The maximum Gasteiger partial charge on any atom is 0.213 e. The van der Waals surface area contributed by atoms with Crippen molar-refractivity contribution in [3.63, 3.8) is 0 Å². The van der Waals surface area contributed by atoms with E-state index < -0.39 is 0 Å². The van der Waals surface area contributed by atoms with Crippen LogP contribution in [0, 0.1) is 6.92 Å². The number of hydrogen-bond donors (Lipinski definition) is 1. The van der Waals surface area contributed by atoms with Gasteiger partial charge in [0.1, 0.15) is 6.61 Å².